The van der Waals surface area contributed by atoms with E-state index in [0.717, 1.165) is 18.4 Å². The van der Waals surface area contributed by atoms with E-state index in [-0.39, 0.29) is 12.5 Å². The van der Waals surface area contributed by atoms with Crippen LogP contribution in [-0.4, -0.2) is 23.5 Å². The first-order valence-corrected chi connectivity index (χ1v) is 7.86. The highest BCUT2D eigenvalue weighted by Gasteiger charge is 2.21. The van der Waals surface area contributed by atoms with Crippen molar-refractivity contribution < 1.29 is 19.1 Å². The fourth-order valence-corrected chi connectivity index (χ4v) is 2.45. The minimum absolute atomic E-state index is 0.0590. The third kappa shape index (κ3) is 4.65. The molecule has 0 aliphatic rings. The molecule has 0 saturated heterocycles. The number of carbonyl (C=O) groups excluding carboxylic acids is 1. The summed E-state index contributed by atoms with van der Waals surface area (Å²) in [5.74, 6) is -2.75. The van der Waals surface area contributed by atoms with E-state index in [1.807, 2.05) is 12.1 Å². The van der Waals surface area contributed by atoms with Gasteiger partial charge in [-0.05, 0) is 41.8 Å². The molecule has 2 N–H and O–H groups in total. The largest absolute Gasteiger partial charge is 0.481 e. The summed E-state index contributed by atoms with van der Waals surface area (Å²) in [7, 11) is 0. The van der Waals surface area contributed by atoms with Gasteiger partial charge in [-0.2, -0.15) is 0 Å². The summed E-state index contributed by atoms with van der Waals surface area (Å²) >= 11 is 0. The van der Waals surface area contributed by atoms with E-state index in [0.29, 0.717) is 11.1 Å². The lowest BCUT2D eigenvalue weighted by Crippen LogP contribution is -2.31. The molecule has 0 fully saturated rings. The molecule has 1 amide bonds. The summed E-state index contributed by atoms with van der Waals surface area (Å²) in [4.78, 5) is 23.6. The number of rotatable bonds is 7. The minimum atomic E-state index is -1.07. The summed E-state index contributed by atoms with van der Waals surface area (Å²) < 4.78 is 13.0. The first-order valence-electron chi connectivity index (χ1n) is 7.86. The molecule has 1 atom stereocenters. The number of hydrogen-bond donors (Lipinski definition) is 2. The van der Waals surface area contributed by atoms with Crippen LogP contribution in [0.25, 0.3) is 0 Å². The molecular formula is C19H20FNO3. The zero-order valence-corrected chi connectivity index (χ0v) is 13.5. The van der Waals surface area contributed by atoms with Gasteiger partial charge in [0.15, 0.2) is 0 Å². The zero-order chi connectivity index (χ0) is 17.5. The molecule has 126 valence electrons. The molecule has 0 aliphatic carbocycles. The molecule has 0 heterocycles. The Morgan fingerprint density at radius 3 is 2.25 bits per heavy atom. The van der Waals surface area contributed by atoms with Crippen LogP contribution in [-0.2, 0) is 11.2 Å². The van der Waals surface area contributed by atoms with Gasteiger partial charge in [-0.1, -0.05) is 37.6 Å². The molecule has 0 spiro atoms. The number of carboxylic acid groups (broad SMARTS) is 1. The van der Waals surface area contributed by atoms with Gasteiger partial charge in [0.2, 0.25) is 0 Å². The maximum atomic E-state index is 13.0. The third-order valence-corrected chi connectivity index (χ3v) is 3.79. The fourth-order valence-electron chi connectivity index (χ4n) is 2.45. The van der Waals surface area contributed by atoms with Crippen LogP contribution in [0, 0.1) is 5.82 Å². The smallest absolute Gasteiger partial charge is 0.312 e. The summed E-state index contributed by atoms with van der Waals surface area (Å²) in [6.45, 7) is 2.03. The van der Waals surface area contributed by atoms with Crippen LogP contribution in [0.2, 0.25) is 0 Å². The Morgan fingerprint density at radius 1 is 1.08 bits per heavy atom. The van der Waals surface area contributed by atoms with Crippen molar-refractivity contribution in [3.63, 3.8) is 0 Å². The standard InChI is InChI=1S/C19H20FNO3/c1-2-3-13-4-6-15(7-5-13)18(22)21-12-17(19(23)24)14-8-10-16(20)11-9-14/h4-11,17H,2-3,12H2,1H3,(H,21,22)(H,23,24). The van der Waals surface area contributed by atoms with Gasteiger partial charge in [-0.15, -0.1) is 0 Å². The van der Waals surface area contributed by atoms with Gasteiger partial charge < -0.3 is 10.4 Å². The number of benzene rings is 2. The van der Waals surface area contributed by atoms with Crippen molar-refractivity contribution in [1.82, 2.24) is 5.32 Å². The van der Waals surface area contributed by atoms with Crippen molar-refractivity contribution in [2.24, 2.45) is 0 Å². The second kappa shape index (κ2) is 8.24. The van der Waals surface area contributed by atoms with Crippen LogP contribution in [0.3, 0.4) is 0 Å². The highest BCUT2D eigenvalue weighted by molar-refractivity contribution is 5.94. The second-order valence-corrected chi connectivity index (χ2v) is 5.60. The third-order valence-electron chi connectivity index (χ3n) is 3.79. The summed E-state index contributed by atoms with van der Waals surface area (Å²) in [6, 6.07) is 12.5. The molecule has 0 radical (unpaired) electrons. The molecule has 5 heteroatoms. The number of aliphatic carboxylic acids is 1. The Balaban J connectivity index is 2.02. The first kappa shape index (κ1) is 17.7. The molecule has 0 aliphatic heterocycles. The van der Waals surface area contributed by atoms with E-state index in [9.17, 15) is 19.1 Å². The number of carboxylic acids is 1. The Hall–Kier alpha value is -2.69. The number of halogens is 1. The van der Waals surface area contributed by atoms with Gasteiger partial charge in [0.05, 0.1) is 5.92 Å². The van der Waals surface area contributed by atoms with Gasteiger partial charge in [-0.3, -0.25) is 9.59 Å². The predicted molar refractivity (Wildman–Crippen MR) is 89.5 cm³/mol. The first-order chi connectivity index (χ1) is 11.5. The SMILES string of the molecule is CCCc1ccc(C(=O)NCC(C(=O)O)c2ccc(F)cc2)cc1. The van der Waals surface area contributed by atoms with Gasteiger partial charge >= 0.3 is 5.97 Å². The molecule has 2 rings (SSSR count). The van der Waals surface area contributed by atoms with Crippen LogP contribution >= 0.6 is 0 Å². The van der Waals surface area contributed by atoms with Crippen molar-refractivity contribution in [2.75, 3.05) is 6.54 Å². The Morgan fingerprint density at radius 2 is 1.71 bits per heavy atom. The molecule has 0 saturated carbocycles. The zero-order valence-electron chi connectivity index (χ0n) is 13.5. The monoisotopic (exact) mass is 329 g/mol. The van der Waals surface area contributed by atoms with E-state index in [2.05, 4.69) is 12.2 Å². The molecule has 4 nitrogen and oxygen atoms in total. The molecule has 24 heavy (non-hydrogen) atoms. The maximum Gasteiger partial charge on any atom is 0.312 e. The van der Waals surface area contributed by atoms with Crippen molar-refractivity contribution in [3.8, 4) is 0 Å². The Labute approximate surface area is 140 Å². The summed E-state index contributed by atoms with van der Waals surface area (Å²) in [5.41, 5.74) is 2.09. The van der Waals surface area contributed by atoms with Gasteiger partial charge in [0, 0.05) is 12.1 Å². The molecule has 2 aromatic carbocycles. The van der Waals surface area contributed by atoms with Gasteiger partial charge in [0.25, 0.3) is 5.91 Å². The molecule has 0 bridgehead atoms. The normalized spacial score (nSPS) is 11.8. The summed E-state index contributed by atoms with van der Waals surface area (Å²) in [6.07, 6.45) is 1.98. The van der Waals surface area contributed by atoms with Crippen molar-refractivity contribution in [3.05, 3.63) is 71.0 Å². The fraction of sp³-hybridized carbons (Fsp3) is 0.263. The van der Waals surface area contributed by atoms with Crippen molar-refractivity contribution in [1.29, 1.82) is 0 Å². The molecular weight excluding hydrogens is 309 g/mol. The Bertz CT molecular complexity index is 696. The van der Waals surface area contributed by atoms with Crippen molar-refractivity contribution >= 4 is 11.9 Å². The number of hydrogen-bond acceptors (Lipinski definition) is 2. The average Bonchev–Trinajstić information content (AvgIpc) is 2.57. The maximum absolute atomic E-state index is 13.0. The van der Waals surface area contributed by atoms with E-state index in [1.165, 1.54) is 24.3 Å². The van der Waals surface area contributed by atoms with Crippen LogP contribution in [0.15, 0.2) is 48.5 Å². The van der Waals surface area contributed by atoms with Gasteiger partial charge in [0.1, 0.15) is 5.82 Å². The van der Waals surface area contributed by atoms with Gasteiger partial charge in [-0.25, -0.2) is 4.39 Å². The van der Waals surface area contributed by atoms with Crippen molar-refractivity contribution in [2.45, 2.75) is 25.7 Å². The number of aryl methyl sites for hydroxylation is 1. The van der Waals surface area contributed by atoms with E-state index in [4.69, 9.17) is 0 Å². The van der Waals surface area contributed by atoms with Crippen LogP contribution < -0.4 is 5.32 Å². The predicted octanol–water partition coefficient (Wildman–Crippen LogP) is 3.38. The molecule has 2 aromatic rings. The number of amides is 1. The highest BCUT2D eigenvalue weighted by Crippen LogP contribution is 2.16. The number of nitrogens with one attached hydrogen (secondary N) is 1. The van der Waals surface area contributed by atoms with E-state index >= 15 is 0 Å². The quantitative estimate of drug-likeness (QED) is 0.818. The van der Waals surface area contributed by atoms with E-state index in [1.54, 1.807) is 12.1 Å². The molecule has 0 aromatic heterocycles. The Kier molecular flexibility index (Phi) is 6.07. The lowest BCUT2D eigenvalue weighted by atomic mass is 9.99. The van der Waals surface area contributed by atoms with E-state index < -0.39 is 17.7 Å². The number of carbonyl (C=O) groups is 2. The topological polar surface area (TPSA) is 66.4 Å². The summed E-state index contributed by atoms with van der Waals surface area (Å²) in [5, 5.41) is 12.0. The molecule has 1 unspecified atom stereocenters. The van der Waals surface area contributed by atoms with Crippen LogP contribution in [0.4, 0.5) is 4.39 Å². The minimum Gasteiger partial charge on any atom is -0.481 e. The van der Waals surface area contributed by atoms with Crippen LogP contribution in [0.5, 0.6) is 0 Å². The second-order valence-electron chi connectivity index (χ2n) is 5.60. The lowest BCUT2D eigenvalue weighted by molar-refractivity contribution is -0.138. The highest BCUT2D eigenvalue weighted by atomic mass is 19.1. The van der Waals surface area contributed by atoms with Crippen LogP contribution in [0.1, 0.15) is 40.7 Å². The average molecular weight is 329 g/mol. The lowest BCUT2D eigenvalue weighted by Gasteiger charge is -2.14.